The van der Waals surface area contributed by atoms with E-state index >= 15 is 0 Å². The number of aromatic nitrogens is 2. The Morgan fingerprint density at radius 2 is 2.25 bits per heavy atom. The van der Waals surface area contributed by atoms with Crippen molar-refractivity contribution in [3.63, 3.8) is 0 Å². The van der Waals surface area contributed by atoms with Gasteiger partial charge in [0, 0.05) is 12.2 Å². The van der Waals surface area contributed by atoms with Crippen molar-refractivity contribution in [2.75, 3.05) is 6.61 Å². The zero-order valence-electron chi connectivity index (χ0n) is 13.7. The second-order valence-electron chi connectivity index (χ2n) is 7.46. The number of ether oxygens (including phenoxy) is 1. The molecule has 1 aromatic rings. The number of rotatable bonds is 5. The number of amides is 1. The molecule has 4 fully saturated rings. The molecule has 4 bridgehead atoms. The van der Waals surface area contributed by atoms with Crippen molar-refractivity contribution in [1.82, 2.24) is 15.3 Å². The lowest BCUT2D eigenvalue weighted by Gasteiger charge is -2.38. The van der Waals surface area contributed by atoms with Crippen molar-refractivity contribution in [2.24, 2.45) is 17.8 Å². The Labute approximate surface area is 146 Å². The van der Waals surface area contributed by atoms with Crippen molar-refractivity contribution < 1.29 is 14.6 Å². The second kappa shape index (κ2) is 5.85. The van der Waals surface area contributed by atoms with E-state index in [2.05, 4.69) is 15.3 Å². The second-order valence-corrected chi connectivity index (χ2v) is 7.80. The van der Waals surface area contributed by atoms with Crippen LogP contribution in [0.4, 0.5) is 0 Å². The maximum absolute atomic E-state index is 12.8. The maximum atomic E-state index is 12.8. The molecule has 0 saturated heterocycles. The average Bonchev–Trinajstić information content (AvgIpc) is 2.91. The molecule has 4 aliphatic rings. The van der Waals surface area contributed by atoms with Gasteiger partial charge in [-0.25, -0.2) is 4.98 Å². The molecule has 1 aromatic heterocycles. The molecular weight excluding hydrogens is 330 g/mol. The molecule has 0 spiro atoms. The topological polar surface area (TPSA) is 84.3 Å². The zero-order chi connectivity index (χ0) is 16.9. The molecule has 1 amide bonds. The van der Waals surface area contributed by atoms with Crippen LogP contribution in [0.3, 0.4) is 0 Å². The summed E-state index contributed by atoms with van der Waals surface area (Å²) >= 11 is 5.83. The van der Waals surface area contributed by atoms with Gasteiger partial charge in [0.25, 0.3) is 5.91 Å². The summed E-state index contributed by atoms with van der Waals surface area (Å²) in [6.07, 6.45) is 5.82. The van der Waals surface area contributed by atoms with E-state index in [-0.39, 0.29) is 23.1 Å². The highest BCUT2D eigenvalue weighted by molar-refractivity contribution is 6.28. The zero-order valence-corrected chi connectivity index (χ0v) is 14.4. The van der Waals surface area contributed by atoms with Crippen LogP contribution >= 0.6 is 11.6 Å². The van der Waals surface area contributed by atoms with Crippen LogP contribution in [0.15, 0.2) is 6.20 Å². The smallest absolute Gasteiger partial charge is 0.258 e. The van der Waals surface area contributed by atoms with Crippen LogP contribution < -0.4 is 10.1 Å². The van der Waals surface area contributed by atoms with Gasteiger partial charge in [-0.15, -0.1) is 0 Å². The standard InChI is InChI=1S/C17H22ClN3O3/c1-2-3-24-15-12(8-19-16(18)21-15)14(22)20-13-10-4-9-5-17(23,6-10)7-11(9)13/h8-11,13,23H,2-7H2,1H3,(H,20,22)/t9?,10-,11-,13-,17-/m1/s1. The highest BCUT2D eigenvalue weighted by Crippen LogP contribution is 2.59. The summed E-state index contributed by atoms with van der Waals surface area (Å²) in [6, 6.07) is 0.125. The first-order valence-electron chi connectivity index (χ1n) is 8.67. The molecule has 1 unspecified atom stereocenters. The molecule has 24 heavy (non-hydrogen) atoms. The highest BCUT2D eigenvalue weighted by atomic mass is 35.5. The van der Waals surface area contributed by atoms with Gasteiger partial charge < -0.3 is 15.2 Å². The molecule has 5 rings (SSSR count). The summed E-state index contributed by atoms with van der Waals surface area (Å²) in [4.78, 5) is 20.7. The number of nitrogens with zero attached hydrogens (tertiary/aromatic N) is 2. The van der Waals surface area contributed by atoms with Crippen LogP contribution in [0.1, 0.15) is 49.4 Å². The Morgan fingerprint density at radius 1 is 1.46 bits per heavy atom. The van der Waals surface area contributed by atoms with Crippen LogP contribution in [0.2, 0.25) is 5.28 Å². The summed E-state index contributed by atoms with van der Waals surface area (Å²) in [5.41, 5.74) is -0.165. The fourth-order valence-corrected chi connectivity index (χ4v) is 5.15. The van der Waals surface area contributed by atoms with Gasteiger partial charge in [-0.05, 0) is 61.5 Å². The summed E-state index contributed by atoms with van der Waals surface area (Å²) in [7, 11) is 0. The van der Waals surface area contributed by atoms with Crippen molar-refractivity contribution in [2.45, 2.75) is 50.7 Å². The fourth-order valence-electron chi connectivity index (χ4n) is 5.02. The van der Waals surface area contributed by atoms with Crippen LogP contribution in [-0.2, 0) is 0 Å². The number of aliphatic hydroxyl groups is 1. The van der Waals surface area contributed by atoms with E-state index in [4.69, 9.17) is 16.3 Å². The third-order valence-electron chi connectivity index (χ3n) is 5.79. The van der Waals surface area contributed by atoms with Gasteiger partial charge in [-0.2, -0.15) is 4.98 Å². The van der Waals surface area contributed by atoms with Crippen molar-refractivity contribution in [3.8, 4) is 5.88 Å². The summed E-state index contributed by atoms with van der Waals surface area (Å²) in [6.45, 7) is 2.45. The van der Waals surface area contributed by atoms with Gasteiger partial charge in [-0.1, -0.05) is 6.92 Å². The van der Waals surface area contributed by atoms with E-state index < -0.39 is 5.60 Å². The van der Waals surface area contributed by atoms with Crippen molar-refractivity contribution in [3.05, 3.63) is 17.0 Å². The predicted molar refractivity (Wildman–Crippen MR) is 88.0 cm³/mol. The molecule has 5 atom stereocenters. The maximum Gasteiger partial charge on any atom is 0.258 e. The van der Waals surface area contributed by atoms with Gasteiger partial charge in [-0.3, -0.25) is 4.79 Å². The number of hydrogen-bond acceptors (Lipinski definition) is 5. The highest BCUT2D eigenvalue weighted by Gasteiger charge is 2.60. The van der Waals surface area contributed by atoms with Crippen LogP contribution in [0.5, 0.6) is 5.88 Å². The molecule has 0 aliphatic heterocycles. The van der Waals surface area contributed by atoms with Gasteiger partial charge in [0.05, 0.1) is 12.2 Å². The number of carbonyl (C=O) groups excluding carboxylic acids is 1. The normalized spacial score (nSPS) is 36.1. The molecule has 2 N–H and O–H groups in total. The SMILES string of the molecule is CCCOc1nc(Cl)ncc1C(=O)N[C@@H]1[C@@H]2CC3C[C@@](O)(C2)C[C@H]31. The Bertz CT molecular complexity index is 666. The first-order valence-corrected chi connectivity index (χ1v) is 9.05. The first kappa shape index (κ1) is 16.1. The monoisotopic (exact) mass is 351 g/mol. The van der Waals surface area contributed by atoms with E-state index in [1.54, 1.807) is 0 Å². The largest absolute Gasteiger partial charge is 0.477 e. The van der Waals surface area contributed by atoms with Gasteiger partial charge in [0.1, 0.15) is 5.56 Å². The summed E-state index contributed by atoms with van der Waals surface area (Å²) in [5, 5.41) is 13.7. The Kier molecular flexibility index (Phi) is 3.92. The number of nitrogens with one attached hydrogen (secondary N) is 1. The molecule has 4 aliphatic carbocycles. The first-order chi connectivity index (χ1) is 11.5. The molecule has 130 valence electrons. The van der Waals surface area contributed by atoms with E-state index in [0.29, 0.717) is 29.9 Å². The molecule has 4 saturated carbocycles. The predicted octanol–water partition coefficient (Wildman–Crippen LogP) is 2.20. The van der Waals surface area contributed by atoms with Gasteiger partial charge in [0.15, 0.2) is 0 Å². The van der Waals surface area contributed by atoms with Gasteiger partial charge >= 0.3 is 0 Å². The molecule has 7 heteroatoms. The Morgan fingerprint density at radius 3 is 3.00 bits per heavy atom. The average molecular weight is 352 g/mol. The minimum absolute atomic E-state index is 0.0680. The molecule has 0 aromatic carbocycles. The summed E-state index contributed by atoms with van der Waals surface area (Å²) < 4.78 is 5.56. The fraction of sp³-hybridized carbons (Fsp3) is 0.706. The lowest BCUT2D eigenvalue weighted by atomic mass is 9.76. The van der Waals surface area contributed by atoms with Crippen molar-refractivity contribution in [1.29, 1.82) is 0 Å². The van der Waals surface area contributed by atoms with E-state index in [1.165, 1.54) is 6.20 Å². The Balaban J connectivity index is 1.51. The third-order valence-corrected chi connectivity index (χ3v) is 5.97. The number of carbonyl (C=O) groups is 1. The van der Waals surface area contributed by atoms with E-state index in [0.717, 1.165) is 32.1 Å². The quantitative estimate of drug-likeness (QED) is 0.794. The third kappa shape index (κ3) is 2.65. The minimum Gasteiger partial charge on any atom is -0.477 e. The molecule has 1 heterocycles. The Hall–Kier alpha value is -1.40. The number of hydrogen-bond donors (Lipinski definition) is 2. The molecular formula is C17H22ClN3O3. The minimum atomic E-state index is -0.488. The molecule has 6 nitrogen and oxygen atoms in total. The van der Waals surface area contributed by atoms with Gasteiger partial charge in [0.2, 0.25) is 11.2 Å². The van der Waals surface area contributed by atoms with E-state index in [1.807, 2.05) is 6.92 Å². The van der Waals surface area contributed by atoms with Crippen LogP contribution in [0, 0.1) is 17.8 Å². The number of halogens is 1. The lowest BCUT2D eigenvalue weighted by Crippen LogP contribution is -2.48. The lowest BCUT2D eigenvalue weighted by molar-refractivity contribution is -0.0192. The van der Waals surface area contributed by atoms with E-state index in [9.17, 15) is 9.90 Å². The van der Waals surface area contributed by atoms with Crippen LogP contribution in [0.25, 0.3) is 0 Å². The van der Waals surface area contributed by atoms with Crippen LogP contribution in [-0.4, -0.2) is 39.2 Å². The summed E-state index contributed by atoms with van der Waals surface area (Å²) in [5.74, 6) is 1.30. The molecule has 0 radical (unpaired) electrons. The van der Waals surface area contributed by atoms with Crippen molar-refractivity contribution >= 4 is 17.5 Å².